The van der Waals surface area contributed by atoms with Crippen molar-refractivity contribution in [2.45, 2.75) is 25.4 Å². The third kappa shape index (κ3) is 3.78. The molecule has 5 rings (SSSR count). The Kier molecular flexibility index (Phi) is 5.41. The summed E-state index contributed by atoms with van der Waals surface area (Å²) in [4.78, 5) is 38.8. The van der Waals surface area contributed by atoms with Gasteiger partial charge < -0.3 is 30.3 Å². The standard InChI is InChI=1S/C22H24N6O4S/c1-3-32-20(29)16-11-33-19-17(16)18(25-21(23)26-19)27-9-14-8-13(27)10-28(14)22(30)24-12-4-6-15(31-2)7-5-12/h4-7,11,13-14H,3,8-10H2,1-2H3,(H,24,30)(H2,23,25,26). The van der Waals surface area contributed by atoms with Gasteiger partial charge in [-0.3, -0.25) is 0 Å². The van der Waals surface area contributed by atoms with E-state index < -0.39 is 5.97 Å². The average Bonchev–Trinajstić information content (AvgIpc) is 3.53. The van der Waals surface area contributed by atoms with Crippen LogP contribution in [0.25, 0.3) is 10.2 Å². The van der Waals surface area contributed by atoms with Gasteiger partial charge in [-0.2, -0.15) is 4.98 Å². The molecule has 2 saturated heterocycles. The lowest BCUT2D eigenvalue weighted by Crippen LogP contribution is -2.50. The van der Waals surface area contributed by atoms with Gasteiger partial charge in [0.2, 0.25) is 5.95 Å². The number of carbonyl (C=O) groups is 2. The molecule has 4 heterocycles. The number of urea groups is 1. The number of amides is 2. The number of esters is 1. The maximum absolute atomic E-state index is 12.9. The normalized spacial score (nSPS) is 19.2. The number of piperazine rings is 1. The number of carbonyl (C=O) groups excluding carboxylic acids is 2. The maximum atomic E-state index is 12.9. The van der Waals surface area contributed by atoms with Crippen LogP contribution in [-0.2, 0) is 4.74 Å². The molecular formula is C22H24N6O4S. The second kappa shape index (κ2) is 8.39. The number of rotatable bonds is 5. The number of thiophene rings is 1. The number of nitrogen functional groups attached to an aromatic ring is 1. The van der Waals surface area contributed by atoms with Gasteiger partial charge >= 0.3 is 12.0 Å². The number of benzene rings is 1. The van der Waals surface area contributed by atoms with Crippen molar-refractivity contribution >= 4 is 51.0 Å². The van der Waals surface area contributed by atoms with Crippen LogP contribution in [0.3, 0.4) is 0 Å². The molecule has 2 unspecified atom stereocenters. The lowest BCUT2D eigenvalue weighted by Gasteiger charge is -2.35. The maximum Gasteiger partial charge on any atom is 0.339 e. The minimum Gasteiger partial charge on any atom is -0.497 e. The number of nitrogens with two attached hydrogens (primary N) is 1. The van der Waals surface area contributed by atoms with E-state index in [1.165, 1.54) is 11.3 Å². The first-order valence-corrected chi connectivity index (χ1v) is 11.6. The number of ether oxygens (including phenoxy) is 2. The third-order valence-electron chi connectivity index (χ3n) is 6.04. The van der Waals surface area contributed by atoms with Gasteiger partial charge in [0, 0.05) is 24.2 Å². The van der Waals surface area contributed by atoms with Crippen LogP contribution < -0.4 is 20.7 Å². The molecule has 11 heteroatoms. The van der Waals surface area contributed by atoms with Crippen molar-refractivity contribution in [3.8, 4) is 5.75 Å². The van der Waals surface area contributed by atoms with E-state index in [4.69, 9.17) is 15.2 Å². The SMILES string of the molecule is CCOC(=O)c1csc2nc(N)nc(N3CC4CC3CN4C(=O)Nc3ccc(OC)cc3)c12. The Labute approximate surface area is 194 Å². The van der Waals surface area contributed by atoms with E-state index in [0.29, 0.717) is 40.4 Å². The second-order valence-electron chi connectivity index (χ2n) is 7.96. The van der Waals surface area contributed by atoms with Gasteiger partial charge in [0.25, 0.3) is 0 Å². The molecule has 0 spiro atoms. The van der Waals surface area contributed by atoms with Crippen molar-refractivity contribution in [2.75, 3.05) is 42.8 Å². The van der Waals surface area contributed by atoms with E-state index in [-0.39, 0.29) is 30.7 Å². The van der Waals surface area contributed by atoms with Gasteiger partial charge in [0.1, 0.15) is 16.4 Å². The Hall–Kier alpha value is -3.60. The number of fused-ring (bicyclic) bond motifs is 3. The molecule has 0 radical (unpaired) electrons. The number of anilines is 3. The van der Waals surface area contributed by atoms with Crippen LogP contribution in [0.2, 0.25) is 0 Å². The fraction of sp³-hybridized carbons (Fsp3) is 0.364. The third-order valence-corrected chi connectivity index (χ3v) is 6.91. The van der Waals surface area contributed by atoms with Crippen molar-refractivity contribution < 1.29 is 19.1 Å². The molecule has 3 N–H and O–H groups in total. The van der Waals surface area contributed by atoms with E-state index in [2.05, 4.69) is 20.2 Å². The van der Waals surface area contributed by atoms with Gasteiger partial charge in [-0.05, 0) is 37.6 Å². The molecule has 2 aromatic heterocycles. The van der Waals surface area contributed by atoms with Gasteiger partial charge in [0.15, 0.2) is 0 Å². The molecule has 2 amide bonds. The summed E-state index contributed by atoms with van der Waals surface area (Å²) < 4.78 is 10.4. The smallest absolute Gasteiger partial charge is 0.339 e. The number of aromatic nitrogens is 2. The second-order valence-corrected chi connectivity index (χ2v) is 8.82. The van der Waals surface area contributed by atoms with Gasteiger partial charge in [-0.25, -0.2) is 14.6 Å². The molecule has 10 nitrogen and oxygen atoms in total. The highest BCUT2D eigenvalue weighted by molar-refractivity contribution is 7.17. The van der Waals surface area contributed by atoms with E-state index >= 15 is 0 Å². The summed E-state index contributed by atoms with van der Waals surface area (Å²) in [6.45, 7) is 3.21. The summed E-state index contributed by atoms with van der Waals surface area (Å²) in [6, 6.07) is 7.20. The highest BCUT2D eigenvalue weighted by Crippen LogP contribution is 2.40. The van der Waals surface area contributed by atoms with Gasteiger partial charge in [0.05, 0.1) is 36.8 Å². The van der Waals surface area contributed by atoms with E-state index in [9.17, 15) is 9.59 Å². The van der Waals surface area contributed by atoms with Crippen molar-refractivity contribution in [2.24, 2.45) is 0 Å². The fourth-order valence-corrected chi connectivity index (χ4v) is 5.46. The highest BCUT2D eigenvalue weighted by Gasteiger charge is 2.46. The van der Waals surface area contributed by atoms with Crippen LogP contribution in [0.4, 0.5) is 22.2 Å². The first-order valence-electron chi connectivity index (χ1n) is 10.7. The summed E-state index contributed by atoms with van der Waals surface area (Å²) in [5.41, 5.74) is 7.13. The Morgan fingerprint density at radius 2 is 2.00 bits per heavy atom. The Morgan fingerprint density at radius 1 is 1.21 bits per heavy atom. The van der Waals surface area contributed by atoms with Crippen LogP contribution in [-0.4, -0.2) is 65.8 Å². The Bertz CT molecular complexity index is 1210. The zero-order valence-corrected chi connectivity index (χ0v) is 19.1. The molecular weight excluding hydrogens is 444 g/mol. The number of hydrogen-bond donors (Lipinski definition) is 2. The predicted molar refractivity (Wildman–Crippen MR) is 126 cm³/mol. The lowest BCUT2D eigenvalue weighted by atomic mass is 10.2. The molecule has 2 bridgehead atoms. The number of likely N-dealkylation sites (tertiary alicyclic amines) is 1. The molecule has 3 aromatic rings. The number of methoxy groups -OCH3 is 1. The largest absolute Gasteiger partial charge is 0.497 e. The summed E-state index contributed by atoms with van der Waals surface area (Å²) in [7, 11) is 1.60. The van der Waals surface area contributed by atoms with Crippen LogP contribution in [0.5, 0.6) is 5.75 Å². The van der Waals surface area contributed by atoms with Crippen molar-refractivity contribution in [3.63, 3.8) is 0 Å². The molecule has 2 fully saturated rings. The van der Waals surface area contributed by atoms with Gasteiger partial charge in [-0.1, -0.05) is 0 Å². The zero-order valence-electron chi connectivity index (χ0n) is 18.3. The molecule has 33 heavy (non-hydrogen) atoms. The lowest BCUT2D eigenvalue weighted by molar-refractivity contribution is 0.0529. The van der Waals surface area contributed by atoms with Crippen molar-refractivity contribution in [3.05, 3.63) is 35.2 Å². The number of nitrogens with zero attached hydrogens (tertiary/aromatic N) is 4. The van der Waals surface area contributed by atoms with Gasteiger partial charge in [-0.15, -0.1) is 11.3 Å². The molecule has 0 saturated carbocycles. The quantitative estimate of drug-likeness (QED) is 0.548. The number of hydrogen-bond acceptors (Lipinski definition) is 9. The summed E-state index contributed by atoms with van der Waals surface area (Å²) in [5.74, 6) is 1.12. The number of nitrogens with one attached hydrogen (secondary N) is 1. The predicted octanol–water partition coefficient (Wildman–Crippen LogP) is 2.95. The van der Waals surface area contributed by atoms with E-state index in [0.717, 1.165) is 12.2 Å². The minimum absolute atomic E-state index is 0.0316. The topological polar surface area (TPSA) is 123 Å². The monoisotopic (exact) mass is 468 g/mol. The first kappa shape index (κ1) is 21.3. The fourth-order valence-electron chi connectivity index (χ4n) is 4.55. The van der Waals surface area contributed by atoms with Crippen molar-refractivity contribution in [1.82, 2.24) is 14.9 Å². The van der Waals surface area contributed by atoms with E-state index in [1.807, 2.05) is 17.0 Å². The summed E-state index contributed by atoms with van der Waals surface area (Å²) in [5, 5.41) is 5.36. The molecule has 1 aromatic carbocycles. The molecule has 172 valence electrons. The first-order chi connectivity index (χ1) is 16.0. The molecule has 2 aliphatic rings. The van der Waals surface area contributed by atoms with Crippen LogP contribution in [0.1, 0.15) is 23.7 Å². The summed E-state index contributed by atoms with van der Waals surface area (Å²) >= 11 is 1.34. The van der Waals surface area contributed by atoms with E-state index in [1.54, 1.807) is 31.5 Å². The van der Waals surface area contributed by atoms with Crippen LogP contribution >= 0.6 is 11.3 Å². The Morgan fingerprint density at radius 3 is 2.67 bits per heavy atom. The molecule has 2 aliphatic heterocycles. The van der Waals surface area contributed by atoms with Crippen LogP contribution in [0.15, 0.2) is 29.6 Å². The van der Waals surface area contributed by atoms with Crippen molar-refractivity contribution in [1.29, 1.82) is 0 Å². The average molecular weight is 469 g/mol. The minimum atomic E-state index is -0.400. The highest BCUT2D eigenvalue weighted by atomic mass is 32.1. The molecule has 0 aliphatic carbocycles. The zero-order chi connectivity index (χ0) is 23.1. The summed E-state index contributed by atoms with van der Waals surface area (Å²) in [6.07, 6.45) is 0.820. The Balaban J connectivity index is 1.36. The van der Waals surface area contributed by atoms with Crippen LogP contribution in [0, 0.1) is 0 Å². The molecule has 2 atom stereocenters.